The molecule has 0 unspecified atom stereocenters. The summed E-state index contributed by atoms with van der Waals surface area (Å²) in [4.78, 5) is 10.1. The van der Waals surface area contributed by atoms with Crippen molar-refractivity contribution < 1.29 is 4.74 Å². The van der Waals surface area contributed by atoms with E-state index in [-0.39, 0.29) is 5.60 Å². The molecule has 0 saturated heterocycles. The summed E-state index contributed by atoms with van der Waals surface area (Å²) in [5.41, 5.74) is -0.309. The van der Waals surface area contributed by atoms with Crippen LogP contribution in [-0.4, -0.2) is 16.6 Å². The third kappa shape index (κ3) is 1.92. The van der Waals surface area contributed by atoms with Crippen molar-refractivity contribution in [3.63, 3.8) is 0 Å². The van der Waals surface area contributed by atoms with Crippen molar-refractivity contribution >= 4 is 33.2 Å². The quantitative estimate of drug-likeness (QED) is 0.793. The average molecular weight is 283 g/mol. The molecule has 0 aromatic carbocycles. The van der Waals surface area contributed by atoms with E-state index in [9.17, 15) is 0 Å². The third-order valence-corrected chi connectivity index (χ3v) is 4.61. The van der Waals surface area contributed by atoms with Gasteiger partial charge in [0.1, 0.15) is 15.6 Å². The molecule has 0 atom stereocenters. The Hall–Kier alpha value is -0.710. The van der Waals surface area contributed by atoms with Gasteiger partial charge in [-0.05, 0) is 44.1 Å². The zero-order chi connectivity index (χ0) is 12.6. The molecule has 2 aromatic heterocycles. The molecule has 96 valence electrons. The maximum absolute atomic E-state index is 6.24. The molecule has 1 aliphatic carbocycles. The molecule has 0 radical (unpaired) electrons. The van der Waals surface area contributed by atoms with E-state index in [1.54, 1.807) is 11.3 Å². The maximum Gasteiger partial charge on any atom is 0.163 e. The number of fused-ring (bicyclic) bond motifs is 1. The van der Waals surface area contributed by atoms with Gasteiger partial charge in [0.25, 0.3) is 0 Å². The Bertz CT molecular complexity index is 563. The van der Waals surface area contributed by atoms with Gasteiger partial charge < -0.3 is 4.74 Å². The van der Waals surface area contributed by atoms with Gasteiger partial charge in [-0.25, -0.2) is 9.97 Å². The number of halogens is 1. The Morgan fingerprint density at radius 2 is 2.17 bits per heavy atom. The van der Waals surface area contributed by atoms with Crippen LogP contribution in [0.5, 0.6) is 0 Å². The molecule has 3 nitrogen and oxygen atoms in total. The van der Waals surface area contributed by atoms with Crippen molar-refractivity contribution in [2.24, 2.45) is 0 Å². The van der Waals surface area contributed by atoms with Crippen molar-refractivity contribution in [2.75, 3.05) is 6.61 Å². The molecule has 2 aromatic rings. The first-order valence-electron chi connectivity index (χ1n) is 6.30. The minimum absolute atomic E-state index is 0.309. The third-order valence-electron chi connectivity index (χ3n) is 3.52. The van der Waals surface area contributed by atoms with E-state index in [1.807, 2.05) is 18.4 Å². The zero-order valence-electron chi connectivity index (χ0n) is 10.3. The second-order valence-corrected chi connectivity index (χ2v) is 5.86. The van der Waals surface area contributed by atoms with Crippen LogP contribution in [0.3, 0.4) is 0 Å². The van der Waals surface area contributed by atoms with E-state index in [0.717, 1.165) is 28.9 Å². The number of hydrogen-bond acceptors (Lipinski definition) is 4. The second kappa shape index (κ2) is 4.76. The highest BCUT2D eigenvalue weighted by Crippen LogP contribution is 2.41. The first kappa shape index (κ1) is 12.3. The van der Waals surface area contributed by atoms with Gasteiger partial charge >= 0.3 is 0 Å². The fraction of sp³-hybridized carbons (Fsp3) is 0.538. The molecule has 1 aliphatic rings. The molecular formula is C13H15ClN2OS. The highest BCUT2D eigenvalue weighted by Gasteiger charge is 2.39. The number of nitrogens with zero attached hydrogens (tertiary/aromatic N) is 2. The minimum Gasteiger partial charge on any atom is -0.367 e. The number of ether oxygens (including phenoxy) is 1. The lowest BCUT2D eigenvalue weighted by atomic mass is 10.0. The van der Waals surface area contributed by atoms with Gasteiger partial charge in [0.2, 0.25) is 0 Å². The number of thiophene rings is 1. The molecule has 0 aliphatic heterocycles. The molecule has 0 N–H and O–H groups in total. The van der Waals surface area contributed by atoms with E-state index < -0.39 is 0 Å². The van der Waals surface area contributed by atoms with Crippen LogP contribution in [-0.2, 0) is 10.3 Å². The Morgan fingerprint density at radius 3 is 2.89 bits per heavy atom. The smallest absolute Gasteiger partial charge is 0.163 e. The summed E-state index contributed by atoms with van der Waals surface area (Å²) in [6.07, 6.45) is 4.33. The van der Waals surface area contributed by atoms with E-state index in [2.05, 4.69) is 9.97 Å². The summed E-state index contributed by atoms with van der Waals surface area (Å²) >= 11 is 7.84. The highest BCUT2D eigenvalue weighted by atomic mass is 35.5. The van der Waals surface area contributed by atoms with Gasteiger partial charge in [-0.3, -0.25) is 0 Å². The average Bonchev–Trinajstić information content (AvgIpc) is 2.98. The summed E-state index contributed by atoms with van der Waals surface area (Å²) in [6.45, 7) is 2.70. The SMILES string of the molecule is CCOC1(c2nc(Cl)c3ccsc3n2)CCCC1. The molecular weight excluding hydrogens is 268 g/mol. The summed E-state index contributed by atoms with van der Waals surface area (Å²) < 4.78 is 5.98. The van der Waals surface area contributed by atoms with Crippen LogP contribution in [0.1, 0.15) is 38.4 Å². The summed E-state index contributed by atoms with van der Waals surface area (Å²) in [7, 11) is 0. The normalized spacial score (nSPS) is 18.6. The van der Waals surface area contributed by atoms with E-state index in [0.29, 0.717) is 11.8 Å². The summed E-state index contributed by atoms with van der Waals surface area (Å²) in [6, 6.07) is 1.97. The molecule has 1 fully saturated rings. The fourth-order valence-corrected chi connectivity index (χ4v) is 3.73. The predicted octanol–water partition coefficient (Wildman–Crippen LogP) is 4.15. The number of rotatable bonds is 3. The largest absolute Gasteiger partial charge is 0.367 e. The lowest BCUT2D eigenvalue weighted by Crippen LogP contribution is -2.28. The van der Waals surface area contributed by atoms with Crippen molar-refractivity contribution in [1.82, 2.24) is 9.97 Å². The topological polar surface area (TPSA) is 35.0 Å². The summed E-state index contributed by atoms with van der Waals surface area (Å²) in [5, 5.41) is 3.48. The van der Waals surface area contributed by atoms with Crippen molar-refractivity contribution in [1.29, 1.82) is 0 Å². The number of aromatic nitrogens is 2. The Labute approximate surface area is 115 Å². The zero-order valence-corrected chi connectivity index (χ0v) is 11.9. The molecule has 18 heavy (non-hydrogen) atoms. The molecule has 2 heterocycles. The molecule has 3 rings (SSSR count). The predicted molar refractivity (Wildman–Crippen MR) is 74.2 cm³/mol. The van der Waals surface area contributed by atoms with Crippen molar-refractivity contribution in [3.8, 4) is 0 Å². The number of hydrogen-bond donors (Lipinski definition) is 0. The van der Waals surface area contributed by atoms with Crippen LogP contribution in [0.15, 0.2) is 11.4 Å². The first-order valence-corrected chi connectivity index (χ1v) is 7.56. The van der Waals surface area contributed by atoms with Gasteiger partial charge in [-0.2, -0.15) is 0 Å². The molecule has 0 spiro atoms. The van der Waals surface area contributed by atoms with E-state index in [1.165, 1.54) is 12.8 Å². The van der Waals surface area contributed by atoms with Crippen molar-refractivity contribution in [3.05, 3.63) is 22.4 Å². The molecule has 1 saturated carbocycles. The standard InChI is InChI=1S/C13H15ClN2OS/c1-2-17-13(6-3-4-7-13)12-15-10(14)9-5-8-18-11(9)16-12/h5,8H,2-4,6-7H2,1H3. The Balaban J connectivity index is 2.11. The monoisotopic (exact) mass is 282 g/mol. The lowest BCUT2D eigenvalue weighted by molar-refractivity contribution is -0.0454. The Morgan fingerprint density at radius 1 is 1.39 bits per heavy atom. The minimum atomic E-state index is -0.309. The molecule has 0 bridgehead atoms. The second-order valence-electron chi connectivity index (χ2n) is 4.61. The first-order chi connectivity index (χ1) is 8.75. The van der Waals surface area contributed by atoms with Crippen LogP contribution in [0.2, 0.25) is 5.15 Å². The lowest BCUT2D eigenvalue weighted by Gasteiger charge is -2.27. The highest BCUT2D eigenvalue weighted by molar-refractivity contribution is 7.16. The van der Waals surface area contributed by atoms with Crippen LogP contribution < -0.4 is 0 Å². The maximum atomic E-state index is 6.24. The Kier molecular flexibility index (Phi) is 3.26. The van der Waals surface area contributed by atoms with Crippen molar-refractivity contribution in [2.45, 2.75) is 38.2 Å². The van der Waals surface area contributed by atoms with Gasteiger partial charge in [-0.1, -0.05) is 11.6 Å². The fourth-order valence-electron chi connectivity index (χ4n) is 2.68. The van der Waals surface area contributed by atoms with E-state index >= 15 is 0 Å². The van der Waals surface area contributed by atoms with Crippen LogP contribution in [0.25, 0.3) is 10.2 Å². The van der Waals surface area contributed by atoms with Crippen LogP contribution >= 0.6 is 22.9 Å². The van der Waals surface area contributed by atoms with Gasteiger partial charge in [-0.15, -0.1) is 11.3 Å². The van der Waals surface area contributed by atoms with Gasteiger partial charge in [0.05, 0.1) is 0 Å². The van der Waals surface area contributed by atoms with Crippen LogP contribution in [0.4, 0.5) is 0 Å². The summed E-state index contributed by atoms with van der Waals surface area (Å²) in [5.74, 6) is 0.766. The molecule has 5 heteroatoms. The van der Waals surface area contributed by atoms with Gasteiger partial charge in [0, 0.05) is 12.0 Å². The van der Waals surface area contributed by atoms with E-state index in [4.69, 9.17) is 16.3 Å². The van der Waals surface area contributed by atoms with Gasteiger partial charge in [0.15, 0.2) is 5.82 Å². The molecule has 0 amide bonds. The van der Waals surface area contributed by atoms with Crippen LogP contribution in [0, 0.1) is 0 Å².